The zero-order chi connectivity index (χ0) is 29.7. The first-order valence-electron chi connectivity index (χ1n) is 12.3. The molecular weight excluding hydrogens is 550 g/mol. The maximum absolute atomic E-state index is 13.7. The van der Waals surface area contributed by atoms with Crippen LogP contribution in [0.1, 0.15) is 30.5 Å². The zero-order valence-corrected chi connectivity index (χ0v) is 22.9. The number of aryl methyl sites for hydroxylation is 1. The minimum Gasteiger partial charge on any atom is -0.355 e. The van der Waals surface area contributed by atoms with Crippen LogP contribution in [-0.2, 0) is 32.3 Å². The molecular formula is C28H29F4N3O4S. The van der Waals surface area contributed by atoms with Gasteiger partial charge < -0.3 is 10.2 Å². The van der Waals surface area contributed by atoms with Crippen molar-refractivity contribution in [1.82, 2.24) is 10.2 Å². The largest absolute Gasteiger partial charge is 0.416 e. The number of amides is 2. The van der Waals surface area contributed by atoms with E-state index in [1.807, 2.05) is 0 Å². The van der Waals surface area contributed by atoms with Gasteiger partial charge in [-0.05, 0) is 68.8 Å². The van der Waals surface area contributed by atoms with Crippen LogP contribution < -0.4 is 9.62 Å². The summed E-state index contributed by atoms with van der Waals surface area (Å²) >= 11 is 0. The van der Waals surface area contributed by atoms with Gasteiger partial charge in [0.25, 0.3) is 10.0 Å². The van der Waals surface area contributed by atoms with Crippen LogP contribution in [0.5, 0.6) is 0 Å². The first kappa shape index (κ1) is 30.6. The number of benzene rings is 3. The molecule has 2 amide bonds. The highest BCUT2D eigenvalue weighted by Gasteiger charge is 2.35. The number of sulfonamides is 1. The standard InChI is InChI=1S/C28H29F4N3O4S/c1-4-33-27(37)20(3)34(17-21-10-12-23(29)13-11-21)26(36)18-35(24-7-5-6-22(16-24)28(30,31)32)40(38,39)25-14-8-19(2)9-15-25/h5-16,20H,4,17-18H2,1-3H3,(H,33,37)/t20-/m0/s1. The average molecular weight is 580 g/mol. The van der Waals surface area contributed by atoms with Gasteiger partial charge in [0.2, 0.25) is 11.8 Å². The number of anilines is 1. The molecule has 0 aliphatic carbocycles. The van der Waals surface area contributed by atoms with Gasteiger partial charge in [0.1, 0.15) is 18.4 Å². The Morgan fingerprint density at radius 1 is 0.975 bits per heavy atom. The van der Waals surface area contributed by atoms with Crippen LogP contribution in [-0.4, -0.2) is 44.3 Å². The van der Waals surface area contributed by atoms with Crippen LogP contribution in [0, 0.1) is 12.7 Å². The van der Waals surface area contributed by atoms with Crippen molar-refractivity contribution in [1.29, 1.82) is 0 Å². The number of hydrogen-bond donors (Lipinski definition) is 1. The van der Waals surface area contributed by atoms with E-state index in [1.165, 1.54) is 55.5 Å². The molecule has 40 heavy (non-hydrogen) atoms. The maximum Gasteiger partial charge on any atom is 0.416 e. The van der Waals surface area contributed by atoms with Gasteiger partial charge >= 0.3 is 6.18 Å². The van der Waals surface area contributed by atoms with Gasteiger partial charge in [-0.1, -0.05) is 35.9 Å². The molecule has 0 aliphatic heterocycles. The number of rotatable bonds is 10. The van der Waals surface area contributed by atoms with Crippen LogP contribution in [0.4, 0.5) is 23.2 Å². The summed E-state index contributed by atoms with van der Waals surface area (Å²) in [7, 11) is -4.53. The quantitative estimate of drug-likeness (QED) is 0.346. The lowest BCUT2D eigenvalue weighted by atomic mass is 10.1. The molecule has 214 valence electrons. The predicted molar refractivity (Wildman–Crippen MR) is 142 cm³/mol. The topological polar surface area (TPSA) is 86.8 Å². The maximum atomic E-state index is 13.7. The Hall–Kier alpha value is -3.93. The lowest BCUT2D eigenvalue weighted by Gasteiger charge is -2.32. The van der Waals surface area contributed by atoms with Gasteiger partial charge in [-0.15, -0.1) is 0 Å². The lowest BCUT2D eigenvalue weighted by Crippen LogP contribution is -2.51. The molecule has 0 aliphatic rings. The van der Waals surface area contributed by atoms with Crippen molar-refractivity contribution in [2.75, 3.05) is 17.4 Å². The van der Waals surface area contributed by atoms with E-state index < -0.39 is 52.0 Å². The van der Waals surface area contributed by atoms with E-state index in [1.54, 1.807) is 13.8 Å². The second-order valence-corrected chi connectivity index (χ2v) is 11.0. The average Bonchev–Trinajstić information content (AvgIpc) is 2.90. The monoisotopic (exact) mass is 579 g/mol. The molecule has 0 radical (unpaired) electrons. The predicted octanol–water partition coefficient (Wildman–Crippen LogP) is 4.90. The molecule has 3 aromatic rings. The number of alkyl halides is 3. The first-order valence-corrected chi connectivity index (χ1v) is 13.8. The fraction of sp³-hybridized carbons (Fsp3) is 0.286. The third-order valence-corrected chi connectivity index (χ3v) is 7.92. The number of hydrogen-bond acceptors (Lipinski definition) is 4. The molecule has 7 nitrogen and oxygen atoms in total. The summed E-state index contributed by atoms with van der Waals surface area (Å²) in [6.07, 6.45) is -4.76. The summed E-state index contributed by atoms with van der Waals surface area (Å²) in [5.74, 6) is -1.89. The second-order valence-electron chi connectivity index (χ2n) is 9.09. The Balaban J connectivity index is 2.09. The summed E-state index contributed by atoms with van der Waals surface area (Å²) < 4.78 is 82.0. The smallest absolute Gasteiger partial charge is 0.355 e. The zero-order valence-electron chi connectivity index (χ0n) is 22.1. The summed E-state index contributed by atoms with van der Waals surface area (Å²) in [5.41, 5.74) is -0.267. The number of likely N-dealkylation sites (N-methyl/N-ethyl adjacent to an activating group) is 1. The van der Waals surface area contributed by atoms with E-state index in [2.05, 4.69) is 5.32 Å². The summed E-state index contributed by atoms with van der Waals surface area (Å²) in [6, 6.07) is 13.4. The Morgan fingerprint density at radius 3 is 2.17 bits per heavy atom. The van der Waals surface area contributed by atoms with E-state index in [-0.39, 0.29) is 23.7 Å². The Kier molecular flexibility index (Phi) is 9.56. The molecule has 1 atom stereocenters. The van der Waals surface area contributed by atoms with Crippen molar-refractivity contribution in [3.05, 3.63) is 95.3 Å². The highest BCUT2D eigenvalue weighted by Crippen LogP contribution is 2.33. The van der Waals surface area contributed by atoms with Gasteiger partial charge in [-0.2, -0.15) is 13.2 Å². The number of halogens is 4. The van der Waals surface area contributed by atoms with Crippen LogP contribution in [0.2, 0.25) is 0 Å². The molecule has 1 N–H and O–H groups in total. The van der Waals surface area contributed by atoms with E-state index in [9.17, 15) is 35.6 Å². The SMILES string of the molecule is CCNC(=O)[C@H](C)N(Cc1ccc(F)cc1)C(=O)CN(c1cccc(C(F)(F)F)c1)S(=O)(=O)c1ccc(C)cc1. The normalized spacial score (nSPS) is 12.5. The first-order chi connectivity index (χ1) is 18.7. The van der Waals surface area contributed by atoms with Crippen molar-refractivity contribution in [3.63, 3.8) is 0 Å². The number of nitrogens with one attached hydrogen (secondary N) is 1. The van der Waals surface area contributed by atoms with Crippen molar-refractivity contribution in [3.8, 4) is 0 Å². The molecule has 0 spiro atoms. The minimum atomic E-state index is -4.76. The van der Waals surface area contributed by atoms with Gasteiger partial charge in [-0.25, -0.2) is 12.8 Å². The van der Waals surface area contributed by atoms with E-state index >= 15 is 0 Å². The summed E-state index contributed by atoms with van der Waals surface area (Å²) in [6.45, 7) is 4.04. The van der Waals surface area contributed by atoms with Gasteiger partial charge in [0.05, 0.1) is 16.1 Å². The molecule has 12 heteroatoms. The van der Waals surface area contributed by atoms with Gasteiger partial charge in [0, 0.05) is 13.1 Å². The molecule has 3 aromatic carbocycles. The van der Waals surface area contributed by atoms with Crippen molar-refractivity contribution >= 4 is 27.5 Å². The second kappa shape index (κ2) is 12.5. The van der Waals surface area contributed by atoms with Crippen LogP contribution in [0.15, 0.2) is 77.7 Å². The van der Waals surface area contributed by atoms with Crippen LogP contribution in [0.3, 0.4) is 0 Å². The van der Waals surface area contributed by atoms with E-state index in [0.29, 0.717) is 15.9 Å². The fourth-order valence-electron chi connectivity index (χ4n) is 3.89. The minimum absolute atomic E-state index is 0.182. The molecule has 0 saturated carbocycles. The fourth-order valence-corrected chi connectivity index (χ4v) is 5.30. The Morgan fingerprint density at radius 2 is 1.60 bits per heavy atom. The number of carbonyl (C=O) groups excluding carboxylic acids is 2. The molecule has 0 unspecified atom stereocenters. The lowest BCUT2D eigenvalue weighted by molar-refractivity contribution is -0.139. The molecule has 0 aromatic heterocycles. The van der Waals surface area contributed by atoms with Crippen LogP contribution >= 0.6 is 0 Å². The Labute approximate surface area is 230 Å². The molecule has 0 fully saturated rings. The molecule has 3 rings (SSSR count). The van der Waals surface area contributed by atoms with Crippen LogP contribution in [0.25, 0.3) is 0 Å². The van der Waals surface area contributed by atoms with Gasteiger partial charge in [0.15, 0.2) is 0 Å². The number of carbonyl (C=O) groups is 2. The van der Waals surface area contributed by atoms with Crippen molar-refractivity contribution in [2.45, 2.75) is 44.4 Å². The summed E-state index contributed by atoms with van der Waals surface area (Å²) in [4.78, 5) is 27.2. The molecule has 0 bridgehead atoms. The van der Waals surface area contributed by atoms with Gasteiger partial charge in [-0.3, -0.25) is 13.9 Å². The van der Waals surface area contributed by atoms with E-state index in [4.69, 9.17) is 0 Å². The molecule has 0 saturated heterocycles. The molecule has 0 heterocycles. The van der Waals surface area contributed by atoms with Crippen molar-refractivity contribution < 1.29 is 35.6 Å². The third kappa shape index (κ3) is 7.38. The highest BCUT2D eigenvalue weighted by molar-refractivity contribution is 7.92. The summed E-state index contributed by atoms with van der Waals surface area (Å²) in [5, 5.41) is 2.60. The van der Waals surface area contributed by atoms with Crippen molar-refractivity contribution in [2.24, 2.45) is 0 Å². The van der Waals surface area contributed by atoms with E-state index in [0.717, 1.165) is 28.7 Å². The Bertz CT molecular complexity index is 1440. The number of nitrogens with zero attached hydrogens (tertiary/aromatic N) is 2. The third-order valence-electron chi connectivity index (χ3n) is 6.13. The highest BCUT2D eigenvalue weighted by atomic mass is 32.2.